The van der Waals surface area contributed by atoms with Crippen LogP contribution in [0.3, 0.4) is 0 Å². The number of benzene rings is 1. The van der Waals surface area contributed by atoms with Gasteiger partial charge < -0.3 is 14.8 Å². The van der Waals surface area contributed by atoms with Crippen molar-refractivity contribution in [1.29, 1.82) is 5.26 Å². The summed E-state index contributed by atoms with van der Waals surface area (Å²) < 4.78 is 11.1. The molecule has 1 fully saturated rings. The lowest BCUT2D eigenvalue weighted by Gasteiger charge is -2.29. The highest BCUT2D eigenvalue weighted by Crippen LogP contribution is 2.28. The first-order chi connectivity index (χ1) is 11.1. The third-order valence-electron chi connectivity index (χ3n) is 4.19. The normalized spacial score (nSPS) is 20.4. The largest absolute Gasteiger partial charge is 0.490 e. The van der Waals surface area contributed by atoms with E-state index >= 15 is 0 Å². The third-order valence-corrected chi connectivity index (χ3v) is 4.19. The topological polar surface area (TPSA) is 71.3 Å². The van der Waals surface area contributed by atoms with Gasteiger partial charge >= 0.3 is 0 Å². The Labute approximate surface area is 137 Å². The van der Waals surface area contributed by atoms with Crippen molar-refractivity contribution in [3.8, 4) is 17.6 Å². The zero-order valence-corrected chi connectivity index (χ0v) is 13.8. The van der Waals surface area contributed by atoms with Gasteiger partial charge in [0.2, 0.25) is 0 Å². The zero-order valence-electron chi connectivity index (χ0n) is 13.8. The Morgan fingerprint density at radius 1 is 1.30 bits per heavy atom. The summed E-state index contributed by atoms with van der Waals surface area (Å²) in [5, 5.41) is 12.0. The average molecular weight is 316 g/mol. The lowest BCUT2D eigenvalue weighted by molar-refractivity contribution is -0.124. The van der Waals surface area contributed by atoms with E-state index < -0.39 is 0 Å². The van der Waals surface area contributed by atoms with Gasteiger partial charge in [-0.1, -0.05) is 19.8 Å². The Kier molecular flexibility index (Phi) is 6.28. The first kappa shape index (κ1) is 17.1. The lowest BCUT2D eigenvalue weighted by atomic mass is 9.86. The summed E-state index contributed by atoms with van der Waals surface area (Å²) in [7, 11) is 0. The average Bonchev–Trinajstić information content (AvgIpc) is 2.56. The van der Waals surface area contributed by atoms with Gasteiger partial charge in [-0.3, -0.25) is 4.79 Å². The molecule has 23 heavy (non-hydrogen) atoms. The molecule has 0 unspecified atom stereocenters. The molecular weight excluding hydrogens is 292 g/mol. The fourth-order valence-corrected chi connectivity index (χ4v) is 2.89. The van der Waals surface area contributed by atoms with Crippen molar-refractivity contribution in [2.24, 2.45) is 5.92 Å². The van der Waals surface area contributed by atoms with Gasteiger partial charge in [-0.25, -0.2) is 0 Å². The van der Waals surface area contributed by atoms with Crippen LogP contribution in [-0.4, -0.2) is 25.2 Å². The number of hydrogen-bond donors (Lipinski definition) is 1. The summed E-state index contributed by atoms with van der Waals surface area (Å²) in [6.45, 7) is 4.46. The monoisotopic (exact) mass is 316 g/mol. The minimum atomic E-state index is -0.115. The third kappa shape index (κ3) is 4.88. The van der Waals surface area contributed by atoms with Gasteiger partial charge in [-0.05, 0) is 37.8 Å². The molecule has 1 aromatic carbocycles. The predicted octanol–water partition coefficient (Wildman–Crippen LogP) is 3.03. The van der Waals surface area contributed by atoms with E-state index in [1.807, 2.05) is 6.92 Å². The van der Waals surface area contributed by atoms with Gasteiger partial charge in [-0.2, -0.15) is 5.26 Å². The van der Waals surface area contributed by atoms with Crippen LogP contribution in [-0.2, 0) is 4.79 Å². The van der Waals surface area contributed by atoms with Crippen molar-refractivity contribution < 1.29 is 14.3 Å². The van der Waals surface area contributed by atoms with E-state index in [0.29, 0.717) is 29.6 Å². The second-order valence-corrected chi connectivity index (χ2v) is 5.93. The van der Waals surface area contributed by atoms with E-state index in [1.54, 1.807) is 18.2 Å². The quantitative estimate of drug-likeness (QED) is 0.875. The second kappa shape index (κ2) is 8.42. The summed E-state index contributed by atoms with van der Waals surface area (Å²) in [6.07, 6.45) is 4.61. The van der Waals surface area contributed by atoms with Crippen LogP contribution in [0.5, 0.6) is 11.5 Å². The number of ether oxygens (including phenoxy) is 2. The van der Waals surface area contributed by atoms with Gasteiger partial charge in [0.25, 0.3) is 5.91 Å². The smallest absolute Gasteiger partial charge is 0.258 e. The van der Waals surface area contributed by atoms with E-state index in [9.17, 15) is 4.79 Å². The molecule has 1 saturated carbocycles. The number of rotatable bonds is 6. The maximum atomic E-state index is 12.1. The molecule has 1 N–H and O–H groups in total. The molecular formula is C18H24N2O3. The molecule has 1 aliphatic carbocycles. The molecule has 1 aliphatic rings. The van der Waals surface area contributed by atoms with Crippen LogP contribution in [0.1, 0.15) is 45.1 Å². The number of nitrogens with zero attached hydrogens (tertiary/aromatic N) is 1. The van der Waals surface area contributed by atoms with Crippen LogP contribution >= 0.6 is 0 Å². The standard InChI is InChI=1S/C18H24N2O3/c1-3-22-17-10-14(11-19)8-9-16(17)23-12-18(21)20-15-7-5-4-6-13(15)2/h8-10,13,15H,3-7,12H2,1-2H3,(H,20,21)/t13-,15-/m1/s1. The molecule has 0 aliphatic heterocycles. The van der Waals surface area contributed by atoms with Crippen LogP contribution in [0.15, 0.2) is 18.2 Å². The van der Waals surface area contributed by atoms with Crippen LogP contribution in [0.25, 0.3) is 0 Å². The first-order valence-corrected chi connectivity index (χ1v) is 8.23. The number of nitrogens with one attached hydrogen (secondary N) is 1. The van der Waals surface area contributed by atoms with Crippen molar-refractivity contribution in [1.82, 2.24) is 5.32 Å². The molecule has 2 rings (SSSR count). The highest BCUT2D eigenvalue weighted by molar-refractivity contribution is 5.78. The lowest BCUT2D eigenvalue weighted by Crippen LogP contribution is -2.43. The van der Waals surface area contributed by atoms with Gasteiger partial charge in [0, 0.05) is 12.1 Å². The molecule has 0 saturated heterocycles. The Balaban J connectivity index is 1.92. The molecule has 5 heteroatoms. The first-order valence-electron chi connectivity index (χ1n) is 8.23. The Morgan fingerprint density at radius 2 is 2.09 bits per heavy atom. The maximum absolute atomic E-state index is 12.1. The predicted molar refractivity (Wildman–Crippen MR) is 87.4 cm³/mol. The van der Waals surface area contributed by atoms with Crippen LogP contribution in [0, 0.1) is 17.2 Å². The second-order valence-electron chi connectivity index (χ2n) is 5.93. The molecule has 2 atom stereocenters. The number of carbonyl (C=O) groups excluding carboxylic acids is 1. The van der Waals surface area contributed by atoms with Gasteiger partial charge in [0.05, 0.1) is 18.2 Å². The number of hydrogen-bond acceptors (Lipinski definition) is 4. The number of amides is 1. The Morgan fingerprint density at radius 3 is 2.78 bits per heavy atom. The van der Waals surface area contributed by atoms with Gasteiger partial charge in [-0.15, -0.1) is 0 Å². The zero-order chi connectivity index (χ0) is 16.7. The number of carbonyl (C=O) groups is 1. The summed E-state index contributed by atoms with van der Waals surface area (Å²) in [5.41, 5.74) is 0.501. The minimum Gasteiger partial charge on any atom is -0.490 e. The molecule has 1 aromatic rings. The summed E-state index contributed by atoms with van der Waals surface area (Å²) in [4.78, 5) is 12.1. The molecule has 1 amide bonds. The van der Waals surface area contributed by atoms with Crippen molar-refractivity contribution in [2.75, 3.05) is 13.2 Å². The maximum Gasteiger partial charge on any atom is 0.258 e. The molecule has 0 aromatic heterocycles. The number of nitriles is 1. The molecule has 0 spiro atoms. The van der Waals surface area contributed by atoms with Crippen LogP contribution in [0.4, 0.5) is 0 Å². The Hall–Kier alpha value is -2.22. The fraction of sp³-hybridized carbons (Fsp3) is 0.556. The fourth-order valence-electron chi connectivity index (χ4n) is 2.89. The highest BCUT2D eigenvalue weighted by Gasteiger charge is 2.23. The van der Waals surface area contributed by atoms with Gasteiger partial charge in [0.15, 0.2) is 18.1 Å². The summed E-state index contributed by atoms with van der Waals surface area (Å²) >= 11 is 0. The Bertz CT molecular complexity index is 580. The van der Waals surface area contributed by atoms with Crippen molar-refractivity contribution >= 4 is 5.91 Å². The minimum absolute atomic E-state index is 0.0464. The SMILES string of the molecule is CCOc1cc(C#N)ccc1OCC(=O)N[C@@H]1CCCC[C@H]1C. The van der Waals surface area contributed by atoms with E-state index in [0.717, 1.165) is 12.8 Å². The molecule has 124 valence electrons. The molecule has 0 bridgehead atoms. The molecule has 0 heterocycles. The van der Waals surface area contributed by atoms with E-state index in [1.165, 1.54) is 12.8 Å². The van der Waals surface area contributed by atoms with Crippen LogP contribution < -0.4 is 14.8 Å². The van der Waals surface area contributed by atoms with Crippen molar-refractivity contribution in [3.05, 3.63) is 23.8 Å². The summed E-state index contributed by atoms with van der Waals surface area (Å²) in [6, 6.07) is 7.25. The van der Waals surface area contributed by atoms with E-state index in [2.05, 4.69) is 18.3 Å². The highest BCUT2D eigenvalue weighted by atomic mass is 16.5. The molecule has 5 nitrogen and oxygen atoms in total. The van der Waals surface area contributed by atoms with Crippen LogP contribution in [0.2, 0.25) is 0 Å². The van der Waals surface area contributed by atoms with Gasteiger partial charge in [0.1, 0.15) is 0 Å². The summed E-state index contributed by atoms with van der Waals surface area (Å²) in [5.74, 6) is 1.38. The molecule has 0 radical (unpaired) electrons. The van der Waals surface area contributed by atoms with E-state index in [-0.39, 0.29) is 18.6 Å². The van der Waals surface area contributed by atoms with Crippen molar-refractivity contribution in [3.63, 3.8) is 0 Å². The van der Waals surface area contributed by atoms with E-state index in [4.69, 9.17) is 14.7 Å². The van der Waals surface area contributed by atoms with Crippen molar-refractivity contribution in [2.45, 2.75) is 45.6 Å².